The van der Waals surface area contributed by atoms with Crippen molar-refractivity contribution in [3.05, 3.63) is 0 Å². The third-order valence-electron chi connectivity index (χ3n) is 27.2. The Morgan fingerprint density at radius 2 is 0.721 bits per heavy atom. The smallest absolute Gasteiger partial charge is 0.303 e. The molecule has 2 spiro atoms. The molecule has 12 fully saturated rings. The Morgan fingerprint density at radius 1 is 0.341 bits per heavy atom. The maximum atomic E-state index is 15.3. The predicted octanol–water partition coefficient (Wildman–Crippen LogP) is 3.91. The van der Waals surface area contributed by atoms with Gasteiger partial charge in [-0.2, -0.15) is 0 Å². The summed E-state index contributed by atoms with van der Waals surface area (Å²) in [6, 6.07) is 0. The van der Waals surface area contributed by atoms with E-state index in [2.05, 4.69) is 27.7 Å². The molecule has 42 nitrogen and oxygen atoms in total. The van der Waals surface area contributed by atoms with Gasteiger partial charge in [0.2, 0.25) is 0 Å². The van der Waals surface area contributed by atoms with Crippen LogP contribution in [0.25, 0.3) is 0 Å². The molecule has 0 bridgehead atoms. The summed E-state index contributed by atoms with van der Waals surface area (Å²) in [5.41, 5.74) is -1.31. The Balaban J connectivity index is 0.964. The summed E-state index contributed by atoms with van der Waals surface area (Å²) < 4.78 is 170. The summed E-state index contributed by atoms with van der Waals surface area (Å²) in [6.45, 7) is 23.0. The zero-order valence-electron chi connectivity index (χ0n) is 76.2. The molecule has 8 aliphatic heterocycles. The Bertz CT molecular complexity index is 4160. The van der Waals surface area contributed by atoms with Crippen LogP contribution in [0.4, 0.5) is 0 Å². The van der Waals surface area contributed by atoms with Crippen molar-refractivity contribution in [3.8, 4) is 0 Å². The monoisotopic (exact) mass is 1840 g/mol. The van der Waals surface area contributed by atoms with Gasteiger partial charge >= 0.3 is 83.6 Å². The molecule has 129 heavy (non-hydrogen) atoms. The number of ether oxygens (including phenoxy) is 27. The van der Waals surface area contributed by atoms with Crippen LogP contribution in [0.5, 0.6) is 0 Å². The lowest BCUT2D eigenvalue weighted by Gasteiger charge is -2.60. The molecule has 8 saturated heterocycles. The van der Waals surface area contributed by atoms with Gasteiger partial charge in [0.15, 0.2) is 92.2 Å². The number of hydrogen-bond acceptors (Lipinski definition) is 42. The topological polar surface area (TPSA) is 509 Å². The van der Waals surface area contributed by atoms with E-state index < -0.39 is 292 Å². The molecule has 4 saturated carbocycles. The first kappa shape index (κ1) is 99.7. The molecule has 12 aliphatic rings. The average Bonchev–Trinajstić information content (AvgIpc) is 1.49. The molecule has 42 heteroatoms. The number of ketones is 1. The minimum absolute atomic E-state index is 0.0109. The summed E-state index contributed by atoms with van der Waals surface area (Å²) in [7, 11) is 0. The molecule has 4 aliphatic carbocycles. The highest BCUT2D eigenvalue weighted by Crippen LogP contribution is 2.76. The van der Waals surface area contributed by atoms with Crippen LogP contribution >= 0.6 is 0 Å². The van der Waals surface area contributed by atoms with Gasteiger partial charge in [-0.25, -0.2) is 0 Å². The first-order valence-electron chi connectivity index (χ1n) is 44.0. The number of carbonyl (C=O) groups is 15. The molecule has 0 aromatic carbocycles. The van der Waals surface area contributed by atoms with Gasteiger partial charge in [0, 0.05) is 121 Å². The molecule has 8 heterocycles. The number of fused-ring (bicyclic) bond motifs is 6. The maximum Gasteiger partial charge on any atom is 0.303 e. The van der Waals surface area contributed by atoms with Gasteiger partial charge in [0.05, 0.1) is 31.0 Å². The van der Waals surface area contributed by atoms with Gasteiger partial charge in [-0.3, -0.25) is 71.9 Å². The van der Waals surface area contributed by atoms with E-state index in [0.717, 1.165) is 142 Å². The number of hydrogen-bond donors (Lipinski definition) is 0. The summed E-state index contributed by atoms with van der Waals surface area (Å²) in [5.74, 6) is -16.1. The highest BCUT2D eigenvalue weighted by atomic mass is 16.8. The molecule has 0 radical (unpaired) electrons. The standard InChI is InChI=1S/C87H122O42/c1-35-21-26-87(107-30-35)36(2)64-57(128-87)28-56-54-27-62-86(129-62)29-53(22-25-85(86,20)55(54)23-24-84(56,64)19)119-81-78(127-79-63(37(3)88)70(112-46(12)96)66(58(120-79)31-103-39(5)89)125-83-77(118-52(18)102)73(115-49(15)99)68(110-44(10)94)60(123-83)33-105-41(7)91)74(69(111-45(11)95)61(121-81)34-106-42(8)92)126-80-75(116-50(16)100)71(113-47(13)97)65(38(4)108-80)124-82-76(117-51(17)101)72(114-48(14)98)67(109-43(9)93)59(122-82)32-104-40(6)90/h35-36,38,53-83H,21-34H2,1-20H3. The molecule has 0 amide bonds. The van der Waals surface area contributed by atoms with Crippen LogP contribution in [0.1, 0.15) is 196 Å². The van der Waals surface area contributed by atoms with E-state index in [1.165, 1.54) is 6.92 Å². The van der Waals surface area contributed by atoms with Gasteiger partial charge in [0.1, 0.15) is 98.7 Å². The van der Waals surface area contributed by atoms with E-state index >= 15 is 4.79 Å². The Hall–Kier alpha value is -8.27. The quantitative estimate of drug-likeness (QED) is 0.0443. The van der Waals surface area contributed by atoms with Crippen molar-refractivity contribution in [3.63, 3.8) is 0 Å². The van der Waals surface area contributed by atoms with Gasteiger partial charge in [-0.05, 0) is 93.8 Å². The maximum absolute atomic E-state index is 15.3. The second-order valence-electron chi connectivity index (χ2n) is 36.4. The van der Waals surface area contributed by atoms with E-state index in [0.29, 0.717) is 31.3 Å². The number of Topliss-reactive ketones (excluding diaryl/α,β-unsaturated/α-hetero) is 1. The molecule has 38 unspecified atom stereocenters. The van der Waals surface area contributed by atoms with Crippen molar-refractivity contribution in [2.24, 2.45) is 52.3 Å². The Morgan fingerprint density at radius 3 is 1.16 bits per heavy atom. The van der Waals surface area contributed by atoms with Gasteiger partial charge in [-0.1, -0.05) is 27.7 Å². The number of epoxide rings is 1. The largest absolute Gasteiger partial charge is 0.463 e. The predicted molar refractivity (Wildman–Crippen MR) is 421 cm³/mol. The summed E-state index contributed by atoms with van der Waals surface area (Å²) in [5, 5.41) is 0. The van der Waals surface area contributed by atoms with Crippen molar-refractivity contribution in [1.29, 1.82) is 0 Å². The number of rotatable bonds is 29. The molecular formula is C87H122O42. The fraction of sp³-hybridized carbons (Fsp3) is 0.828. The Kier molecular flexibility index (Phi) is 31.4. The van der Waals surface area contributed by atoms with Gasteiger partial charge in [-0.15, -0.1) is 0 Å². The van der Waals surface area contributed by atoms with Crippen molar-refractivity contribution in [2.75, 3.05) is 33.0 Å². The van der Waals surface area contributed by atoms with Crippen LogP contribution in [0, 0.1) is 52.3 Å². The first-order chi connectivity index (χ1) is 60.6. The molecule has 0 aromatic heterocycles. The highest BCUT2D eigenvalue weighted by molar-refractivity contribution is 5.80. The SMILES string of the molecule is CC(=O)OCC1OC(OC2C(C)OC(OC3C(OC(C)=O)C(COC(C)=O)OC(OC4CCC5(C)C6CCC7(C)C(CC8OC9(CCC(C)CO9)C(C)C87)C6CC6OC65C4)C3OC3OC(COC(C)=O)C(OC4OC(COC(C)=O)C(OC(C)=O)C(OC(C)=O)C4OC(C)=O)C(OC(C)=O)C3C(C)=O)C(OC(C)=O)C2OC(C)=O)C(OC(C)=O)C(OC(C)=O)C1OC(C)=O. The van der Waals surface area contributed by atoms with Crippen LogP contribution in [-0.4, -0.2) is 300 Å². The molecule has 12 rings (SSSR count). The Labute approximate surface area is 745 Å². The molecule has 38 atom stereocenters. The lowest BCUT2D eigenvalue weighted by atomic mass is 9.44. The number of carbonyl (C=O) groups excluding carboxylic acids is 15. The lowest BCUT2D eigenvalue weighted by Crippen LogP contribution is -2.69. The third kappa shape index (κ3) is 21.8. The van der Waals surface area contributed by atoms with Gasteiger partial charge in [0.25, 0.3) is 0 Å². The second kappa shape index (κ2) is 40.7. The zero-order chi connectivity index (χ0) is 94.3. The van der Waals surface area contributed by atoms with Crippen molar-refractivity contribution >= 4 is 89.4 Å². The number of esters is 14. The van der Waals surface area contributed by atoms with Crippen molar-refractivity contribution < 1.29 is 200 Å². The third-order valence-corrected chi connectivity index (χ3v) is 27.2. The van der Waals surface area contributed by atoms with E-state index in [-0.39, 0.29) is 47.7 Å². The second-order valence-corrected chi connectivity index (χ2v) is 36.4. The van der Waals surface area contributed by atoms with Crippen LogP contribution in [0.3, 0.4) is 0 Å². The lowest BCUT2D eigenvalue weighted by molar-refractivity contribution is -0.401. The van der Waals surface area contributed by atoms with Crippen molar-refractivity contribution in [1.82, 2.24) is 0 Å². The van der Waals surface area contributed by atoms with E-state index in [1.54, 1.807) is 0 Å². The average molecular weight is 1840 g/mol. The molecule has 0 N–H and O–H groups in total. The minimum atomic E-state index is -2.22. The van der Waals surface area contributed by atoms with Crippen LogP contribution in [0.2, 0.25) is 0 Å². The first-order valence-corrected chi connectivity index (χ1v) is 44.0. The molecule has 722 valence electrons. The summed E-state index contributed by atoms with van der Waals surface area (Å²) in [6.07, 6.45) is -40.9. The zero-order valence-corrected chi connectivity index (χ0v) is 76.2. The molecule has 0 aromatic rings. The normalized spacial score (nSPS) is 42.3. The van der Waals surface area contributed by atoms with Gasteiger partial charge < -0.3 is 128 Å². The summed E-state index contributed by atoms with van der Waals surface area (Å²) >= 11 is 0. The fourth-order valence-corrected chi connectivity index (χ4v) is 22.3. The molecular weight excluding hydrogens is 1720 g/mol. The van der Waals surface area contributed by atoms with Crippen LogP contribution in [0.15, 0.2) is 0 Å². The summed E-state index contributed by atoms with van der Waals surface area (Å²) in [4.78, 5) is 201. The highest BCUT2D eigenvalue weighted by Gasteiger charge is 2.79. The van der Waals surface area contributed by atoms with E-state index in [9.17, 15) is 67.1 Å². The fourth-order valence-electron chi connectivity index (χ4n) is 22.3. The van der Waals surface area contributed by atoms with Crippen molar-refractivity contribution in [2.45, 2.75) is 373 Å². The van der Waals surface area contributed by atoms with Crippen LogP contribution < -0.4 is 0 Å². The van der Waals surface area contributed by atoms with E-state index in [1.807, 2.05) is 0 Å². The minimum Gasteiger partial charge on any atom is -0.463 e. The van der Waals surface area contributed by atoms with E-state index in [4.69, 9.17) is 128 Å². The van der Waals surface area contributed by atoms with Crippen LogP contribution in [-0.2, 0) is 200 Å².